The van der Waals surface area contributed by atoms with Crippen molar-refractivity contribution >= 4 is 0 Å². The summed E-state index contributed by atoms with van der Waals surface area (Å²) >= 11 is 0. The molecule has 0 spiro atoms. The summed E-state index contributed by atoms with van der Waals surface area (Å²) in [7, 11) is 0. The fourth-order valence-corrected chi connectivity index (χ4v) is 2.78. The maximum absolute atomic E-state index is 14.4. The minimum Gasteiger partial charge on any atom is -0.395 e. The summed E-state index contributed by atoms with van der Waals surface area (Å²) in [5, 5.41) is 14.0. The number of aromatic amines is 1. The van der Waals surface area contributed by atoms with Gasteiger partial charge in [-0.05, 0) is 30.5 Å². The van der Waals surface area contributed by atoms with Crippen molar-refractivity contribution < 1.29 is 9.50 Å². The second-order valence-corrected chi connectivity index (χ2v) is 5.85. The zero-order valence-corrected chi connectivity index (χ0v) is 14.0. The van der Waals surface area contributed by atoms with Gasteiger partial charge in [0.15, 0.2) is 5.82 Å². The Morgan fingerprint density at radius 2 is 2.16 bits per heavy atom. The molecule has 1 atom stereocenters. The van der Waals surface area contributed by atoms with Crippen molar-refractivity contribution in [2.24, 2.45) is 0 Å². The van der Waals surface area contributed by atoms with Crippen LogP contribution >= 0.6 is 0 Å². The van der Waals surface area contributed by atoms with Gasteiger partial charge in [0.25, 0.3) is 5.56 Å². The lowest BCUT2D eigenvalue weighted by atomic mass is 9.93. The molecular weight excluding hydrogens is 323 g/mol. The molecule has 0 amide bonds. The van der Waals surface area contributed by atoms with E-state index in [-0.39, 0.29) is 18.0 Å². The predicted molar refractivity (Wildman–Crippen MR) is 91.4 cm³/mol. The zero-order valence-electron chi connectivity index (χ0n) is 14.0. The molecule has 1 aromatic carbocycles. The van der Waals surface area contributed by atoms with Gasteiger partial charge in [0.1, 0.15) is 11.6 Å². The van der Waals surface area contributed by atoms with Crippen LogP contribution in [-0.2, 0) is 6.42 Å². The third-order valence-corrected chi connectivity index (χ3v) is 4.12. The molecule has 2 N–H and O–H groups in total. The van der Waals surface area contributed by atoms with Crippen molar-refractivity contribution in [1.82, 2.24) is 19.7 Å². The molecule has 3 aromatic rings. The SMILES string of the molecule is CCc1ccc([C@H](CO)c2cnn(-c3cc(=O)[nH]c(C)n3)c2)c(F)c1. The maximum atomic E-state index is 14.4. The van der Waals surface area contributed by atoms with Gasteiger partial charge in [-0.15, -0.1) is 0 Å². The quantitative estimate of drug-likeness (QED) is 0.744. The van der Waals surface area contributed by atoms with Gasteiger partial charge in [-0.3, -0.25) is 4.79 Å². The van der Waals surface area contributed by atoms with Gasteiger partial charge in [-0.1, -0.05) is 19.1 Å². The third kappa shape index (κ3) is 3.51. The Labute approximate surface area is 144 Å². The summed E-state index contributed by atoms with van der Waals surface area (Å²) in [4.78, 5) is 18.4. The minimum atomic E-state index is -0.539. The summed E-state index contributed by atoms with van der Waals surface area (Å²) in [6.07, 6.45) is 3.94. The number of aliphatic hydroxyl groups excluding tert-OH is 1. The number of aryl methyl sites for hydroxylation is 2. The lowest BCUT2D eigenvalue weighted by molar-refractivity contribution is 0.278. The van der Waals surface area contributed by atoms with Crippen LogP contribution in [0.5, 0.6) is 0 Å². The van der Waals surface area contributed by atoms with Crippen LogP contribution in [0.15, 0.2) is 41.5 Å². The number of benzene rings is 1. The molecule has 25 heavy (non-hydrogen) atoms. The van der Waals surface area contributed by atoms with E-state index in [1.165, 1.54) is 16.8 Å². The molecule has 2 aromatic heterocycles. The van der Waals surface area contributed by atoms with E-state index >= 15 is 0 Å². The van der Waals surface area contributed by atoms with E-state index in [0.717, 1.165) is 12.0 Å². The Balaban J connectivity index is 1.98. The molecule has 0 bridgehead atoms. The normalized spacial score (nSPS) is 12.3. The number of nitrogens with zero attached hydrogens (tertiary/aromatic N) is 3. The largest absolute Gasteiger partial charge is 0.395 e. The summed E-state index contributed by atoms with van der Waals surface area (Å²) < 4.78 is 15.8. The van der Waals surface area contributed by atoms with E-state index in [9.17, 15) is 14.3 Å². The van der Waals surface area contributed by atoms with Gasteiger partial charge < -0.3 is 10.1 Å². The van der Waals surface area contributed by atoms with Crippen LogP contribution in [0.1, 0.15) is 35.4 Å². The number of aliphatic hydroxyl groups is 1. The molecule has 0 aliphatic heterocycles. The molecule has 6 nitrogen and oxygen atoms in total. The molecule has 0 saturated carbocycles. The van der Waals surface area contributed by atoms with Crippen LogP contribution < -0.4 is 5.56 Å². The Kier molecular flexibility index (Phi) is 4.76. The average Bonchev–Trinajstić information content (AvgIpc) is 3.06. The van der Waals surface area contributed by atoms with Gasteiger partial charge in [0.05, 0.1) is 12.8 Å². The molecule has 0 aliphatic carbocycles. The summed E-state index contributed by atoms with van der Waals surface area (Å²) in [6, 6.07) is 6.37. The number of rotatable bonds is 5. The predicted octanol–water partition coefficient (Wildman–Crippen LogP) is 2.09. The molecule has 130 valence electrons. The van der Waals surface area contributed by atoms with Gasteiger partial charge >= 0.3 is 0 Å². The first kappa shape index (κ1) is 17.0. The second-order valence-electron chi connectivity index (χ2n) is 5.85. The molecule has 2 heterocycles. The third-order valence-electron chi connectivity index (χ3n) is 4.12. The van der Waals surface area contributed by atoms with Crippen LogP contribution in [0, 0.1) is 12.7 Å². The van der Waals surface area contributed by atoms with Crippen LogP contribution in [0.25, 0.3) is 5.82 Å². The van der Waals surface area contributed by atoms with Gasteiger partial charge in [0.2, 0.25) is 0 Å². The first-order valence-corrected chi connectivity index (χ1v) is 8.04. The van der Waals surface area contributed by atoms with Crippen molar-refractivity contribution in [3.05, 3.63) is 75.3 Å². The molecule has 0 saturated heterocycles. The van der Waals surface area contributed by atoms with E-state index in [2.05, 4.69) is 15.1 Å². The number of hydrogen-bond donors (Lipinski definition) is 2. The van der Waals surface area contributed by atoms with E-state index in [1.807, 2.05) is 13.0 Å². The molecule has 3 rings (SSSR count). The Morgan fingerprint density at radius 3 is 2.80 bits per heavy atom. The number of H-pyrrole nitrogens is 1. The first-order chi connectivity index (χ1) is 12.0. The lowest BCUT2D eigenvalue weighted by Gasteiger charge is -2.14. The second kappa shape index (κ2) is 6.98. The summed E-state index contributed by atoms with van der Waals surface area (Å²) in [5.41, 5.74) is 1.68. The number of halogens is 1. The molecule has 0 aliphatic rings. The summed E-state index contributed by atoms with van der Waals surface area (Å²) in [6.45, 7) is 3.38. The van der Waals surface area contributed by atoms with Crippen molar-refractivity contribution in [3.63, 3.8) is 0 Å². The van der Waals surface area contributed by atoms with Gasteiger partial charge in [0, 0.05) is 23.7 Å². The first-order valence-electron chi connectivity index (χ1n) is 8.04. The standard InChI is InChI=1S/C18H19FN4O2/c1-3-12-4-5-14(16(19)6-12)15(10-24)13-8-20-23(9-13)17-7-18(25)22-11(2)21-17/h4-9,15,24H,3,10H2,1-2H3,(H,21,22,25)/t15-/m1/s1. The highest BCUT2D eigenvalue weighted by molar-refractivity contribution is 5.35. The van der Waals surface area contributed by atoms with Crippen LogP contribution in [0.3, 0.4) is 0 Å². The van der Waals surface area contributed by atoms with Crippen molar-refractivity contribution in [2.75, 3.05) is 6.61 Å². The fraction of sp³-hybridized carbons (Fsp3) is 0.278. The van der Waals surface area contributed by atoms with E-state index in [4.69, 9.17) is 0 Å². The Bertz CT molecular complexity index is 948. The minimum absolute atomic E-state index is 0.254. The van der Waals surface area contributed by atoms with Crippen LogP contribution in [0.2, 0.25) is 0 Å². The smallest absolute Gasteiger partial charge is 0.253 e. The molecule has 0 radical (unpaired) electrons. The fourth-order valence-electron chi connectivity index (χ4n) is 2.78. The van der Waals surface area contributed by atoms with E-state index in [1.54, 1.807) is 25.4 Å². The van der Waals surface area contributed by atoms with E-state index < -0.39 is 5.92 Å². The van der Waals surface area contributed by atoms with E-state index in [0.29, 0.717) is 22.8 Å². The van der Waals surface area contributed by atoms with Gasteiger partial charge in [-0.2, -0.15) is 5.10 Å². The van der Waals surface area contributed by atoms with Crippen molar-refractivity contribution in [2.45, 2.75) is 26.2 Å². The molecule has 7 heteroatoms. The highest BCUT2D eigenvalue weighted by Crippen LogP contribution is 2.27. The highest BCUT2D eigenvalue weighted by Gasteiger charge is 2.19. The molecular formula is C18H19FN4O2. The van der Waals surface area contributed by atoms with Crippen LogP contribution in [-0.4, -0.2) is 31.5 Å². The Hall–Kier alpha value is -2.80. The number of nitrogens with one attached hydrogen (secondary N) is 1. The van der Waals surface area contributed by atoms with Crippen molar-refractivity contribution in [1.29, 1.82) is 0 Å². The monoisotopic (exact) mass is 342 g/mol. The lowest BCUT2D eigenvalue weighted by Crippen LogP contribution is -2.12. The zero-order chi connectivity index (χ0) is 18.0. The number of hydrogen-bond acceptors (Lipinski definition) is 4. The molecule has 0 unspecified atom stereocenters. The average molecular weight is 342 g/mol. The van der Waals surface area contributed by atoms with Gasteiger partial charge in [-0.25, -0.2) is 14.1 Å². The summed E-state index contributed by atoms with van der Waals surface area (Å²) in [5.74, 6) is -0.0514. The highest BCUT2D eigenvalue weighted by atomic mass is 19.1. The maximum Gasteiger partial charge on any atom is 0.253 e. The Morgan fingerprint density at radius 1 is 1.36 bits per heavy atom. The van der Waals surface area contributed by atoms with Crippen molar-refractivity contribution in [3.8, 4) is 5.82 Å². The topological polar surface area (TPSA) is 83.8 Å². The molecule has 0 fully saturated rings. The van der Waals surface area contributed by atoms with Crippen LogP contribution in [0.4, 0.5) is 4.39 Å². The number of aromatic nitrogens is 4.